The second-order valence-electron chi connectivity index (χ2n) is 7.01. The van der Waals surface area contributed by atoms with Gasteiger partial charge in [0, 0.05) is 18.1 Å². The van der Waals surface area contributed by atoms with Gasteiger partial charge in [-0.3, -0.25) is 9.59 Å². The summed E-state index contributed by atoms with van der Waals surface area (Å²) in [7, 11) is 0. The van der Waals surface area contributed by atoms with Crippen molar-refractivity contribution in [2.75, 3.05) is 13.1 Å². The molecule has 1 saturated heterocycles. The lowest BCUT2D eigenvalue weighted by molar-refractivity contribution is -0.148. The van der Waals surface area contributed by atoms with E-state index >= 15 is 0 Å². The van der Waals surface area contributed by atoms with E-state index in [0.29, 0.717) is 31.0 Å². The molecule has 3 N–H and O–H groups in total. The van der Waals surface area contributed by atoms with Crippen LogP contribution >= 0.6 is 11.6 Å². The number of rotatable bonds is 6. The SMILES string of the molecule is CCCC(C)C(N)C(=O)N1CCC(C(=O)O)(c2ccc(Cl)cc2)CC1. The number of carboxylic acids is 1. The fraction of sp³-hybridized carbons (Fsp3) is 0.579. The van der Waals surface area contributed by atoms with E-state index < -0.39 is 17.4 Å². The van der Waals surface area contributed by atoms with Gasteiger partial charge in [0.05, 0.1) is 11.5 Å². The smallest absolute Gasteiger partial charge is 0.314 e. The third-order valence-electron chi connectivity index (χ3n) is 5.38. The highest BCUT2D eigenvalue weighted by atomic mass is 35.5. The number of hydrogen-bond donors (Lipinski definition) is 2. The Hall–Kier alpha value is -1.59. The Morgan fingerprint density at radius 3 is 2.32 bits per heavy atom. The van der Waals surface area contributed by atoms with Crippen molar-refractivity contribution in [1.82, 2.24) is 4.90 Å². The van der Waals surface area contributed by atoms with Gasteiger partial charge in [0.1, 0.15) is 0 Å². The molecule has 2 rings (SSSR count). The maximum absolute atomic E-state index is 12.6. The number of benzene rings is 1. The van der Waals surface area contributed by atoms with E-state index in [9.17, 15) is 14.7 Å². The van der Waals surface area contributed by atoms with Gasteiger partial charge in [-0.1, -0.05) is 44.0 Å². The second-order valence-corrected chi connectivity index (χ2v) is 7.45. The van der Waals surface area contributed by atoms with E-state index in [1.807, 2.05) is 6.92 Å². The number of carbonyl (C=O) groups is 2. The second kappa shape index (κ2) is 8.19. The van der Waals surface area contributed by atoms with Gasteiger partial charge >= 0.3 is 5.97 Å². The third-order valence-corrected chi connectivity index (χ3v) is 5.63. The van der Waals surface area contributed by atoms with E-state index in [0.717, 1.165) is 18.4 Å². The Balaban J connectivity index is 2.11. The number of carboxylic acid groups (broad SMARTS) is 1. The lowest BCUT2D eigenvalue weighted by Gasteiger charge is -2.40. The molecule has 25 heavy (non-hydrogen) atoms. The van der Waals surface area contributed by atoms with Gasteiger partial charge in [-0.05, 0) is 42.9 Å². The Morgan fingerprint density at radius 2 is 1.84 bits per heavy atom. The van der Waals surface area contributed by atoms with Gasteiger partial charge in [-0.2, -0.15) is 0 Å². The van der Waals surface area contributed by atoms with E-state index in [1.165, 1.54) is 0 Å². The molecule has 138 valence electrons. The van der Waals surface area contributed by atoms with Crippen LogP contribution in [0.1, 0.15) is 45.1 Å². The summed E-state index contributed by atoms with van der Waals surface area (Å²) in [5.41, 5.74) is 5.88. The molecule has 0 saturated carbocycles. The van der Waals surface area contributed by atoms with E-state index in [2.05, 4.69) is 6.92 Å². The first-order chi connectivity index (χ1) is 11.8. The number of hydrogen-bond acceptors (Lipinski definition) is 3. The van der Waals surface area contributed by atoms with Crippen LogP contribution in [-0.4, -0.2) is 41.0 Å². The van der Waals surface area contributed by atoms with Crippen LogP contribution in [0.4, 0.5) is 0 Å². The van der Waals surface area contributed by atoms with E-state index in [1.54, 1.807) is 29.2 Å². The average molecular weight is 367 g/mol. The molecule has 1 aliphatic rings. The predicted molar refractivity (Wildman–Crippen MR) is 98.6 cm³/mol. The summed E-state index contributed by atoms with van der Waals surface area (Å²) in [5.74, 6) is -0.804. The van der Waals surface area contributed by atoms with Crippen molar-refractivity contribution in [2.24, 2.45) is 11.7 Å². The molecule has 1 aromatic rings. The van der Waals surface area contributed by atoms with Crippen LogP contribution in [0.5, 0.6) is 0 Å². The van der Waals surface area contributed by atoms with Crippen LogP contribution in [0.3, 0.4) is 0 Å². The molecular formula is C19H27ClN2O3. The first-order valence-electron chi connectivity index (χ1n) is 8.85. The summed E-state index contributed by atoms with van der Waals surface area (Å²) >= 11 is 5.92. The highest BCUT2D eigenvalue weighted by Gasteiger charge is 2.44. The Bertz CT molecular complexity index is 610. The van der Waals surface area contributed by atoms with Crippen molar-refractivity contribution in [1.29, 1.82) is 0 Å². The third kappa shape index (κ3) is 4.15. The molecule has 2 atom stereocenters. The van der Waals surface area contributed by atoms with Crippen LogP contribution in [0.25, 0.3) is 0 Å². The topological polar surface area (TPSA) is 83.6 Å². The average Bonchev–Trinajstić information content (AvgIpc) is 2.61. The van der Waals surface area contributed by atoms with Gasteiger partial charge in [0.25, 0.3) is 0 Å². The molecular weight excluding hydrogens is 340 g/mol. The van der Waals surface area contributed by atoms with Crippen LogP contribution in [0.15, 0.2) is 24.3 Å². The zero-order chi connectivity index (χ0) is 18.6. The summed E-state index contributed by atoms with van der Waals surface area (Å²) < 4.78 is 0. The van der Waals surface area contributed by atoms with Crippen LogP contribution in [0, 0.1) is 5.92 Å². The summed E-state index contributed by atoms with van der Waals surface area (Å²) in [5, 5.41) is 10.4. The van der Waals surface area contributed by atoms with Gasteiger partial charge in [-0.25, -0.2) is 0 Å². The minimum Gasteiger partial charge on any atom is -0.481 e. The molecule has 2 unspecified atom stereocenters. The minimum absolute atomic E-state index is 0.0731. The van der Waals surface area contributed by atoms with Gasteiger partial charge in [-0.15, -0.1) is 0 Å². The van der Waals surface area contributed by atoms with Crippen molar-refractivity contribution < 1.29 is 14.7 Å². The number of halogens is 1. The van der Waals surface area contributed by atoms with Crippen molar-refractivity contribution in [2.45, 2.75) is 51.0 Å². The molecule has 1 heterocycles. The quantitative estimate of drug-likeness (QED) is 0.810. The maximum atomic E-state index is 12.6. The first-order valence-corrected chi connectivity index (χ1v) is 9.23. The molecule has 6 heteroatoms. The Kier molecular flexibility index (Phi) is 6.47. The maximum Gasteiger partial charge on any atom is 0.314 e. The molecule has 1 aromatic carbocycles. The zero-order valence-electron chi connectivity index (χ0n) is 14.9. The number of nitrogens with zero attached hydrogens (tertiary/aromatic N) is 1. The van der Waals surface area contributed by atoms with Crippen LogP contribution in [-0.2, 0) is 15.0 Å². The Morgan fingerprint density at radius 1 is 1.28 bits per heavy atom. The van der Waals surface area contributed by atoms with Crippen LogP contribution in [0.2, 0.25) is 5.02 Å². The molecule has 1 amide bonds. The molecule has 0 radical (unpaired) electrons. The van der Waals surface area contributed by atoms with E-state index in [4.69, 9.17) is 17.3 Å². The highest BCUT2D eigenvalue weighted by molar-refractivity contribution is 6.30. The van der Waals surface area contributed by atoms with Gasteiger partial charge in [0.2, 0.25) is 5.91 Å². The van der Waals surface area contributed by atoms with Crippen molar-refractivity contribution >= 4 is 23.5 Å². The normalized spacial score (nSPS) is 19.3. The lowest BCUT2D eigenvalue weighted by Crippen LogP contribution is -2.54. The monoisotopic (exact) mass is 366 g/mol. The summed E-state index contributed by atoms with van der Waals surface area (Å²) in [6.45, 7) is 4.87. The summed E-state index contributed by atoms with van der Waals surface area (Å²) in [6, 6.07) is 6.43. The minimum atomic E-state index is -0.972. The zero-order valence-corrected chi connectivity index (χ0v) is 15.6. The molecule has 1 fully saturated rings. The molecule has 0 bridgehead atoms. The van der Waals surface area contributed by atoms with Crippen molar-refractivity contribution in [3.8, 4) is 0 Å². The molecule has 0 spiro atoms. The largest absolute Gasteiger partial charge is 0.481 e. The summed E-state index contributed by atoms with van der Waals surface area (Å²) in [4.78, 5) is 26.3. The van der Waals surface area contributed by atoms with E-state index in [-0.39, 0.29) is 11.8 Å². The molecule has 0 aromatic heterocycles. The first kappa shape index (κ1) is 19.7. The molecule has 5 nitrogen and oxygen atoms in total. The lowest BCUT2D eigenvalue weighted by atomic mass is 9.72. The predicted octanol–water partition coefficient (Wildman–Crippen LogP) is 3.05. The standard InChI is InChI=1S/C19H27ClN2O3/c1-3-4-13(2)16(21)17(23)22-11-9-19(10-12-22,18(24)25)14-5-7-15(20)8-6-14/h5-8,13,16H,3-4,9-12,21H2,1-2H3,(H,24,25). The number of aliphatic carboxylic acids is 1. The van der Waals surface area contributed by atoms with Gasteiger partial charge < -0.3 is 15.7 Å². The highest BCUT2D eigenvalue weighted by Crippen LogP contribution is 2.36. The van der Waals surface area contributed by atoms with Crippen molar-refractivity contribution in [3.05, 3.63) is 34.9 Å². The number of carbonyl (C=O) groups excluding carboxylic acids is 1. The fourth-order valence-electron chi connectivity index (χ4n) is 3.59. The Labute approximate surface area is 154 Å². The molecule has 0 aliphatic carbocycles. The number of piperidine rings is 1. The summed E-state index contributed by atoms with van der Waals surface area (Å²) in [6.07, 6.45) is 2.65. The fourth-order valence-corrected chi connectivity index (χ4v) is 3.72. The number of amides is 1. The van der Waals surface area contributed by atoms with Crippen molar-refractivity contribution in [3.63, 3.8) is 0 Å². The van der Waals surface area contributed by atoms with Crippen LogP contribution < -0.4 is 5.73 Å². The van der Waals surface area contributed by atoms with Gasteiger partial charge in [0.15, 0.2) is 0 Å². The molecule has 1 aliphatic heterocycles. The number of likely N-dealkylation sites (tertiary alicyclic amines) is 1. The number of nitrogens with two attached hydrogens (primary N) is 1.